The Balaban J connectivity index is 0.00000225. The number of rotatable bonds is 5. The smallest absolute Gasteiger partial charge is 0.387 e. The molecule has 0 saturated carbocycles. The zero-order valence-electron chi connectivity index (χ0n) is 13.4. The minimum Gasteiger partial charge on any atom is -0.387 e. The van der Waals surface area contributed by atoms with Crippen LogP contribution in [0.2, 0.25) is 0 Å². The third kappa shape index (κ3) is 4.19. The van der Waals surface area contributed by atoms with E-state index >= 15 is 0 Å². The molecule has 1 radical (unpaired) electrons. The quantitative estimate of drug-likeness (QED) is 0.291. The Morgan fingerprint density at radius 2 is 2.04 bits per heavy atom. The van der Waals surface area contributed by atoms with Crippen molar-refractivity contribution in [1.29, 1.82) is 0 Å². The van der Waals surface area contributed by atoms with E-state index in [1.54, 1.807) is 7.05 Å². The van der Waals surface area contributed by atoms with Crippen molar-refractivity contribution >= 4 is 54.4 Å². The third-order valence-corrected chi connectivity index (χ3v) is 4.10. The second kappa shape index (κ2) is 7.92. The molecule has 4 atom stereocenters. The first-order valence-electron chi connectivity index (χ1n) is 6.89. The van der Waals surface area contributed by atoms with E-state index in [2.05, 4.69) is 24.8 Å². The first kappa shape index (κ1) is 20.6. The molecule has 3 rings (SSSR count). The van der Waals surface area contributed by atoms with Crippen molar-refractivity contribution in [3.8, 4) is 0 Å². The normalized spacial score (nSPS) is 26.6. The van der Waals surface area contributed by atoms with Gasteiger partial charge >= 0.3 is 7.82 Å². The van der Waals surface area contributed by atoms with Gasteiger partial charge in [-0.3, -0.25) is 9.09 Å². The van der Waals surface area contributed by atoms with Crippen molar-refractivity contribution in [3.05, 3.63) is 12.7 Å². The maximum absolute atomic E-state index is 10.8. The molecule has 14 heteroatoms. The summed E-state index contributed by atoms with van der Waals surface area (Å²) in [5.41, 5.74) is 0.808. The van der Waals surface area contributed by atoms with Crippen LogP contribution in [-0.4, -0.2) is 101 Å². The van der Waals surface area contributed by atoms with Crippen LogP contribution < -0.4 is 5.32 Å². The van der Waals surface area contributed by atoms with Crippen LogP contribution in [0.4, 0.5) is 5.82 Å². The summed E-state index contributed by atoms with van der Waals surface area (Å²) < 4.78 is 22.0. The van der Waals surface area contributed by atoms with Gasteiger partial charge in [0.25, 0.3) is 0 Å². The SMILES string of the molecule is CNc1ncnc2c1ncn2C1OC(COP(=O)(O)O)C(O)C1O.[Na]. The van der Waals surface area contributed by atoms with Crippen molar-refractivity contribution < 1.29 is 33.8 Å². The number of hydrogen-bond donors (Lipinski definition) is 5. The molecule has 0 aromatic carbocycles. The maximum Gasteiger partial charge on any atom is 0.469 e. The topological polar surface area (TPSA) is 172 Å². The summed E-state index contributed by atoms with van der Waals surface area (Å²) in [6.45, 7) is -0.581. The number of phosphoric acid groups is 1. The molecule has 0 bridgehead atoms. The fraction of sp³-hybridized carbons (Fsp3) is 0.545. The summed E-state index contributed by atoms with van der Waals surface area (Å²) >= 11 is 0. The van der Waals surface area contributed by atoms with E-state index in [0.29, 0.717) is 17.0 Å². The zero-order chi connectivity index (χ0) is 17.5. The minimum atomic E-state index is -4.71. The maximum atomic E-state index is 10.8. The summed E-state index contributed by atoms with van der Waals surface area (Å²) in [7, 11) is -3.05. The van der Waals surface area contributed by atoms with E-state index < -0.39 is 39.0 Å². The molecule has 1 fully saturated rings. The van der Waals surface area contributed by atoms with E-state index in [-0.39, 0.29) is 29.6 Å². The van der Waals surface area contributed by atoms with Crippen molar-refractivity contribution in [2.75, 3.05) is 19.0 Å². The Bertz CT molecular complexity index is 785. The van der Waals surface area contributed by atoms with E-state index in [1.165, 1.54) is 17.2 Å². The molecule has 133 valence electrons. The summed E-state index contributed by atoms with van der Waals surface area (Å²) in [6, 6.07) is 0. The number of imidazole rings is 1. The first-order valence-corrected chi connectivity index (χ1v) is 8.42. The first-order chi connectivity index (χ1) is 11.3. The van der Waals surface area contributed by atoms with Gasteiger partial charge in [0.15, 0.2) is 17.7 Å². The number of anilines is 1. The van der Waals surface area contributed by atoms with Gasteiger partial charge < -0.3 is 30.1 Å². The van der Waals surface area contributed by atoms with Crippen LogP contribution in [0.1, 0.15) is 6.23 Å². The molecule has 0 spiro atoms. The van der Waals surface area contributed by atoms with Gasteiger partial charge in [0.05, 0.1) is 12.9 Å². The van der Waals surface area contributed by atoms with Crippen LogP contribution in [0.5, 0.6) is 0 Å². The average molecular weight is 384 g/mol. The molecular weight excluding hydrogens is 368 g/mol. The van der Waals surface area contributed by atoms with Crippen LogP contribution in [0.25, 0.3) is 11.2 Å². The molecule has 4 unspecified atom stereocenters. The Kier molecular flexibility index (Phi) is 6.55. The number of ether oxygens (including phenoxy) is 1. The number of aliphatic hydroxyl groups is 2. The monoisotopic (exact) mass is 384 g/mol. The number of aromatic nitrogens is 4. The van der Waals surface area contributed by atoms with Gasteiger partial charge in [0, 0.05) is 36.6 Å². The van der Waals surface area contributed by atoms with Gasteiger partial charge in [-0.25, -0.2) is 19.5 Å². The molecule has 1 aliphatic heterocycles. The standard InChI is InChI=1S/C11H16N5O7P.Na/c1-12-9-6-10(14-3-13-9)16(4-15-6)11-8(18)7(17)5(23-11)2-22-24(19,20)21;/h3-5,7-8,11,17-18H,2H2,1H3,(H,12,13,14)(H2,19,20,21);. The van der Waals surface area contributed by atoms with E-state index in [0.717, 1.165) is 0 Å². The van der Waals surface area contributed by atoms with Crippen molar-refractivity contribution in [2.45, 2.75) is 24.5 Å². The molecule has 25 heavy (non-hydrogen) atoms. The average Bonchev–Trinajstić information content (AvgIpc) is 3.07. The third-order valence-electron chi connectivity index (χ3n) is 3.61. The molecular formula is C11H16N5NaO7P. The van der Waals surface area contributed by atoms with Gasteiger partial charge in [-0.2, -0.15) is 0 Å². The van der Waals surface area contributed by atoms with Gasteiger partial charge in [-0.15, -0.1) is 0 Å². The molecule has 12 nitrogen and oxygen atoms in total. The Hall–Kier alpha value is -0.660. The summed E-state index contributed by atoms with van der Waals surface area (Å²) in [4.78, 5) is 29.7. The van der Waals surface area contributed by atoms with Crippen LogP contribution in [-0.2, 0) is 13.8 Å². The molecule has 3 heterocycles. The summed E-state index contributed by atoms with van der Waals surface area (Å²) in [5.74, 6) is 0.480. The summed E-state index contributed by atoms with van der Waals surface area (Å²) in [5, 5.41) is 23.0. The van der Waals surface area contributed by atoms with E-state index in [1.807, 2.05) is 0 Å². The number of nitrogens with zero attached hydrogens (tertiary/aromatic N) is 4. The fourth-order valence-electron chi connectivity index (χ4n) is 2.49. The molecule has 0 amide bonds. The molecule has 1 aliphatic rings. The van der Waals surface area contributed by atoms with Crippen molar-refractivity contribution in [3.63, 3.8) is 0 Å². The number of fused-ring (bicyclic) bond motifs is 1. The van der Waals surface area contributed by atoms with Crippen molar-refractivity contribution in [2.24, 2.45) is 0 Å². The van der Waals surface area contributed by atoms with Crippen LogP contribution >= 0.6 is 7.82 Å². The van der Waals surface area contributed by atoms with Gasteiger partial charge in [-0.1, -0.05) is 0 Å². The Morgan fingerprint density at radius 3 is 2.68 bits per heavy atom. The van der Waals surface area contributed by atoms with Gasteiger partial charge in [-0.05, 0) is 0 Å². The molecule has 2 aromatic rings. The molecule has 1 saturated heterocycles. The number of aliphatic hydroxyl groups excluding tert-OH is 2. The second-order valence-electron chi connectivity index (χ2n) is 5.13. The van der Waals surface area contributed by atoms with Crippen molar-refractivity contribution in [1.82, 2.24) is 19.5 Å². The van der Waals surface area contributed by atoms with Gasteiger partial charge in [0.2, 0.25) is 0 Å². The zero-order valence-corrected chi connectivity index (χ0v) is 16.3. The largest absolute Gasteiger partial charge is 0.469 e. The fourth-order valence-corrected chi connectivity index (χ4v) is 2.83. The molecule has 5 N–H and O–H groups in total. The Labute approximate surface area is 163 Å². The second-order valence-corrected chi connectivity index (χ2v) is 6.37. The van der Waals surface area contributed by atoms with E-state index in [9.17, 15) is 14.8 Å². The van der Waals surface area contributed by atoms with Crippen LogP contribution in [0.15, 0.2) is 12.7 Å². The number of hydrogen-bond acceptors (Lipinski definition) is 9. The Morgan fingerprint density at radius 1 is 1.32 bits per heavy atom. The van der Waals surface area contributed by atoms with Crippen LogP contribution in [0, 0.1) is 0 Å². The predicted molar refractivity (Wildman–Crippen MR) is 84.5 cm³/mol. The van der Waals surface area contributed by atoms with Crippen LogP contribution in [0.3, 0.4) is 0 Å². The predicted octanol–water partition coefficient (Wildman–Crippen LogP) is -1.78. The number of phosphoric ester groups is 1. The minimum absolute atomic E-state index is 0. The van der Waals surface area contributed by atoms with E-state index in [4.69, 9.17) is 14.5 Å². The molecule has 0 aliphatic carbocycles. The molecule has 2 aromatic heterocycles. The number of nitrogens with one attached hydrogen (secondary N) is 1. The summed E-state index contributed by atoms with van der Waals surface area (Å²) in [6.07, 6.45) is -2.26. The van der Waals surface area contributed by atoms with Gasteiger partial charge in [0.1, 0.15) is 30.2 Å².